The number of benzene rings is 1. The quantitative estimate of drug-likeness (QED) is 0.868. The molecule has 1 fully saturated rings. The average Bonchev–Trinajstić information content (AvgIpc) is 2.81. The van der Waals surface area contributed by atoms with Gasteiger partial charge < -0.3 is 16.0 Å². The first-order valence-electron chi connectivity index (χ1n) is 6.88. The van der Waals surface area contributed by atoms with E-state index in [9.17, 15) is 14.4 Å². The number of amides is 3. The third-order valence-electron chi connectivity index (χ3n) is 3.69. The number of nitrogens with zero attached hydrogens (tertiary/aromatic N) is 1. The second-order valence-corrected chi connectivity index (χ2v) is 6.30. The summed E-state index contributed by atoms with van der Waals surface area (Å²) in [5.41, 5.74) is 4.78. The van der Waals surface area contributed by atoms with Crippen LogP contribution in [0.3, 0.4) is 0 Å². The zero-order valence-electron chi connectivity index (χ0n) is 12.4. The number of rotatable bonds is 4. The zero-order valence-corrected chi connectivity index (χ0v) is 13.2. The van der Waals surface area contributed by atoms with Crippen LogP contribution in [0.4, 0.5) is 5.69 Å². The molecule has 2 rings (SSSR count). The van der Waals surface area contributed by atoms with Crippen molar-refractivity contribution in [1.29, 1.82) is 0 Å². The number of hydrogen-bond donors (Lipinski definition) is 2. The lowest BCUT2D eigenvalue weighted by Gasteiger charge is -2.24. The maximum Gasteiger partial charge on any atom is 0.242 e. The molecule has 1 heterocycles. The van der Waals surface area contributed by atoms with Crippen LogP contribution in [0.1, 0.15) is 20.3 Å². The van der Waals surface area contributed by atoms with Crippen molar-refractivity contribution >= 4 is 35.0 Å². The van der Waals surface area contributed by atoms with Crippen LogP contribution in [-0.2, 0) is 14.4 Å². The predicted molar refractivity (Wildman–Crippen MR) is 83.3 cm³/mol. The molecule has 7 heteroatoms. The van der Waals surface area contributed by atoms with E-state index in [0.29, 0.717) is 10.7 Å². The van der Waals surface area contributed by atoms with Gasteiger partial charge in [-0.05, 0) is 38.1 Å². The second-order valence-electron chi connectivity index (χ2n) is 5.86. The van der Waals surface area contributed by atoms with Crippen LogP contribution < -0.4 is 16.0 Å². The van der Waals surface area contributed by atoms with Crippen LogP contribution >= 0.6 is 11.6 Å². The Kier molecular flexibility index (Phi) is 4.42. The Morgan fingerprint density at radius 2 is 1.91 bits per heavy atom. The highest BCUT2D eigenvalue weighted by Gasteiger charge is 2.38. The molecule has 1 aliphatic heterocycles. The number of nitrogens with one attached hydrogen (secondary N) is 1. The first kappa shape index (κ1) is 16.3. The molecule has 3 amide bonds. The summed E-state index contributed by atoms with van der Waals surface area (Å²) in [5.74, 6) is -1.63. The summed E-state index contributed by atoms with van der Waals surface area (Å²) >= 11 is 5.82. The Morgan fingerprint density at radius 3 is 2.45 bits per heavy atom. The molecule has 1 aliphatic rings. The number of carbonyl (C=O) groups excluding carboxylic acids is 3. The van der Waals surface area contributed by atoms with Gasteiger partial charge in [0.25, 0.3) is 0 Å². The number of anilines is 1. The highest BCUT2D eigenvalue weighted by atomic mass is 35.5. The summed E-state index contributed by atoms with van der Waals surface area (Å²) in [5, 5.41) is 3.16. The molecule has 118 valence electrons. The summed E-state index contributed by atoms with van der Waals surface area (Å²) in [4.78, 5) is 37.1. The minimum atomic E-state index is -1.15. The third kappa shape index (κ3) is 3.39. The van der Waals surface area contributed by atoms with Gasteiger partial charge in [-0.3, -0.25) is 14.4 Å². The van der Waals surface area contributed by atoms with Crippen molar-refractivity contribution in [1.82, 2.24) is 5.32 Å². The molecule has 0 saturated carbocycles. The van der Waals surface area contributed by atoms with E-state index in [0.717, 1.165) is 0 Å². The van der Waals surface area contributed by atoms with Gasteiger partial charge in [-0.2, -0.15) is 0 Å². The summed E-state index contributed by atoms with van der Waals surface area (Å²) in [6.45, 7) is 3.32. The lowest BCUT2D eigenvalue weighted by molar-refractivity contribution is -0.132. The maximum absolute atomic E-state index is 12.2. The fourth-order valence-electron chi connectivity index (χ4n) is 2.23. The van der Waals surface area contributed by atoms with Crippen molar-refractivity contribution in [2.75, 3.05) is 11.4 Å². The van der Waals surface area contributed by atoms with Gasteiger partial charge >= 0.3 is 0 Å². The van der Waals surface area contributed by atoms with Crippen LogP contribution in [-0.4, -0.2) is 29.8 Å². The molecule has 6 nitrogen and oxygen atoms in total. The van der Waals surface area contributed by atoms with Gasteiger partial charge in [0, 0.05) is 23.7 Å². The van der Waals surface area contributed by atoms with E-state index in [1.165, 1.54) is 18.7 Å². The minimum Gasteiger partial charge on any atom is -0.368 e. The molecule has 1 saturated heterocycles. The first-order chi connectivity index (χ1) is 10.2. The summed E-state index contributed by atoms with van der Waals surface area (Å²) in [7, 11) is 0. The van der Waals surface area contributed by atoms with Gasteiger partial charge in [0.05, 0.1) is 5.92 Å². The van der Waals surface area contributed by atoms with E-state index in [2.05, 4.69) is 5.32 Å². The lowest BCUT2D eigenvalue weighted by Crippen LogP contribution is -2.54. The average molecular weight is 324 g/mol. The van der Waals surface area contributed by atoms with Crippen LogP contribution in [0.2, 0.25) is 5.02 Å². The van der Waals surface area contributed by atoms with E-state index in [1.54, 1.807) is 24.3 Å². The highest BCUT2D eigenvalue weighted by Crippen LogP contribution is 2.26. The van der Waals surface area contributed by atoms with Crippen molar-refractivity contribution < 1.29 is 14.4 Å². The van der Waals surface area contributed by atoms with Gasteiger partial charge in [0.1, 0.15) is 5.54 Å². The molecule has 1 atom stereocenters. The van der Waals surface area contributed by atoms with E-state index < -0.39 is 17.4 Å². The fourth-order valence-corrected chi connectivity index (χ4v) is 2.35. The topological polar surface area (TPSA) is 92.5 Å². The molecular formula is C15H18ClN3O3. The summed E-state index contributed by atoms with van der Waals surface area (Å²) < 4.78 is 0. The smallest absolute Gasteiger partial charge is 0.242 e. The van der Waals surface area contributed by atoms with Crippen LogP contribution in [0.5, 0.6) is 0 Å². The van der Waals surface area contributed by atoms with Crippen LogP contribution in [0, 0.1) is 5.92 Å². The van der Waals surface area contributed by atoms with E-state index in [-0.39, 0.29) is 24.8 Å². The number of halogens is 1. The highest BCUT2D eigenvalue weighted by molar-refractivity contribution is 6.30. The molecule has 0 spiro atoms. The fraction of sp³-hybridized carbons (Fsp3) is 0.400. The van der Waals surface area contributed by atoms with E-state index in [1.807, 2.05) is 0 Å². The number of nitrogens with two attached hydrogens (primary N) is 1. The molecular weight excluding hydrogens is 306 g/mol. The minimum absolute atomic E-state index is 0.100. The molecule has 0 bridgehead atoms. The second kappa shape index (κ2) is 5.96. The molecule has 22 heavy (non-hydrogen) atoms. The number of primary amides is 1. The number of carbonyl (C=O) groups is 3. The van der Waals surface area contributed by atoms with Crippen molar-refractivity contribution in [3.05, 3.63) is 29.3 Å². The van der Waals surface area contributed by atoms with Gasteiger partial charge in [0.2, 0.25) is 17.7 Å². The monoisotopic (exact) mass is 323 g/mol. The Hall–Kier alpha value is -2.08. The Bertz CT molecular complexity index is 613. The number of hydrogen-bond acceptors (Lipinski definition) is 3. The Labute approximate surface area is 133 Å². The standard InChI is InChI=1S/C15H18ClN3O3/c1-15(2,14(17)22)18-13(21)9-7-12(20)19(8-9)11-5-3-10(16)4-6-11/h3-6,9H,7-8H2,1-2H3,(H2,17,22)(H,18,21)/t9-/m0/s1. The van der Waals surface area contributed by atoms with Gasteiger partial charge in [-0.25, -0.2) is 0 Å². The third-order valence-corrected chi connectivity index (χ3v) is 3.94. The zero-order chi connectivity index (χ0) is 16.5. The van der Waals surface area contributed by atoms with E-state index in [4.69, 9.17) is 17.3 Å². The molecule has 0 radical (unpaired) electrons. The summed E-state index contributed by atoms with van der Waals surface area (Å²) in [6, 6.07) is 6.84. The van der Waals surface area contributed by atoms with Crippen molar-refractivity contribution in [2.24, 2.45) is 11.7 Å². The van der Waals surface area contributed by atoms with Crippen molar-refractivity contribution in [3.63, 3.8) is 0 Å². The normalized spacial score (nSPS) is 18.4. The maximum atomic E-state index is 12.2. The van der Waals surface area contributed by atoms with Crippen LogP contribution in [0.15, 0.2) is 24.3 Å². The molecule has 0 aliphatic carbocycles. The lowest BCUT2D eigenvalue weighted by atomic mass is 10.0. The van der Waals surface area contributed by atoms with Gasteiger partial charge in [-0.1, -0.05) is 11.6 Å². The molecule has 0 aromatic heterocycles. The Balaban J connectivity index is 2.07. The van der Waals surface area contributed by atoms with E-state index >= 15 is 0 Å². The summed E-state index contributed by atoms with van der Waals surface area (Å²) in [6.07, 6.45) is 0.100. The molecule has 0 unspecified atom stereocenters. The van der Waals surface area contributed by atoms with Gasteiger partial charge in [-0.15, -0.1) is 0 Å². The predicted octanol–water partition coefficient (Wildman–Crippen LogP) is 1.07. The molecule has 1 aromatic carbocycles. The SMILES string of the molecule is CC(C)(NC(=O)[C@H]1CC(=O)N(c2ccc(Cl)cc2)C1)C(N)=O. The Morgan fingerprint density at radius 1 is 1.32 bits per heavy atom. The van der Waals surface area contributed by atoms with Gasteiger partial charge in [0.15, 0.2) is 0 Å². The van der Waals surface area contributed by atoms with Crippen molar-refractivity contribution in [2.45, 2.75) is 25.8 Å². The van der Waals surface area contributed by atoms with Crippen LogP contribution in [0.25, 0.3) is 0 Å². The molecule has 3 N–H and O–H groups in total. The van der Waals surface area contributed by atoms with Crippen molar-refractivity contribution in [3.8, 4) is 0 Å². The largest absolute Gasteiger partial charge is 0.368 e. The first-order valence-corrected chi connectivity index (χ1v) is 7.26. The molecule has 1 aromatic rings.